The molecular weight excluding hydrogens is 258 g/mol. The number of hydrogen-bond acceptors (Lipinski definition) is 2. The van der Waals surface area contributed by atoms with Crippen molar-refractivity contribution in [2.45, 2.75) is 51.0 Å². The van der Waals surface area contributed by atoms with Gasteiger partial charge < -0.3 is 9.88 Å². The van der Waals surface area contributed by atoms with Crippen LogP contribution in [0.4, 0.5) is 5.69 Å². The van der Waals surface area contributed by atoms with Crippen molar-refractivity contribution in [2.75, 3.05) is 11.9 Å². The number of para-hydroxylation sites is 1. The fraction of sp³-hybridized carbons (Fsp3) is 0.500. The Hall–Kier alpha value is -1.77. The number of nitrogens with zero attached hydrogens (tertiary/aromatic N) is 2. The minimum Gasteiger partial charge on any atom is -0.384 e. The SMILES string of the molecule is CC1(n2cncc2-c2cccc3c2NCC3)CCCCC1. The van der Waals surface area contributed by atoms with Crippen molar-refractivity contribution in [3.05, 3.63) is 36.3 Å². The van der Waals surface area contributed by atoms with Crippen molar-refractivity contribution in [3.63, 3.8) is 0 Å². The van der Waals surface area contributed by atoms with Gasteiger partial charge in [0.1, 0.15) is 0 Å². The van der Waals surface area contributed by atoms with Gasteiger partial charge in [-0.1, -0.05) is 37.5 Å². The Balaban J connectivity index is 1.81. The van der Waals surface area contributed by atoms with E-state index in [0.29, 0.717) is 0 Å². The van der Waals surface area contributed by atoms with Crippen LogP contribution in [0.3, 0.4) is 0 Å². The normalized spacial score (nSPS) is 20.0. The zero-order valence-corrected chi connectivity index (χ0v) is 12.7. The first-order valence-corrected chi connectivity index (χ1v) is 8.17. The summed E-state index contributed by atoms with van der Waals surface area (Å²) in [6.45, 7) is 3.45. The van der Waals surface area contributed by atoms with E-state index in [9.17, 15) is 0 Å². The molecule has 4 rings (SSSR count). The Morgan fingerprint density at radius 2 is 2.05 bits per heavy atom. The number of imidazole rings is 1. The van der Waals surface area contributed by atoms with Gasteiger partial charge in [-0.15, -0.1) is 0 Å². The maximum absolute atomic E-state index is 4.48. The van der Waals surface area contributed by atoms with Crippen LogP contribution in [-0.2, 0) is 12.0 Å². The van der Waals surface area contributed by atoms with Gasteiger partial charge >= 0.3 is 0 Å². The third kappa shape index (κ3) is 2.06. The molecule has 0 amide bonds. The Labute approximate surface area is 126 Å². The number of nitrogens with one attached hydrogen (secondary N) is 1. The molecule has 21 heavy (non-hydrogen) atoms. The van der Waals surface area contributed by atoms with Crippen LogP contribution >= 0.6 is 0 Å². The number of rotatable bonds is 2. The number of anilines is 1. The number of aromatic nitrogens is 2. The fourth-order valence-electron chi connectivity index (χ4n) is 4.03. The van der Waals surface area contributed by atoms with E-state index in [2.05, 4.69) is 40.0 Å². The minimum atomic E-state index is 0.228. The van der Waals surface area contributed by atoms with Crippen LogP contribution in [0.25, 0.3) is 11.3 Å². The van der Waals surface area contributed by atoms with E-state index in [4.69, 9.17) is 0 Å². The molecule has 3 nitrogen and oxygen atoms in total. The highest BCUT2D eigenvalue weighted by Crippen LogP contribution is 2.40. The van der Waals surface area contributed by atoms with Gasteiger partial charge in [0.25, 0.3) is 0 Å². The summed E-state index contributed by atoms with van der Waals surface area (Å²) in [6.07, 6.45) is 11.8. The van der Waals surface area contributed by atoms with Gasteiger partial charge in [-0.25, -0.2) is 4.98 Å². The standard InChI is InChI=1S/C18H23N3/c1-18(9-3-2-4-10-18)21-13-19-12-16(21)15-7-5-6-14-8-11-20-17(14)15/h5-7,12-13,20H,2-4,8-11H2,1H3. The van der Waals surface area contributed by atoms with Crippen molar-refractivity contribution >= 4 is 5.69 Å². The molecule has 1 aromatic carbocycles. The van der Waals surface area contributed by atoms with Crippen molar-refractivity contribution in [1.29, 1.82) is 0 Å². The van der Waals surface area contributed by atoms with E-state index in [1.165, 1.54) is 54.6 Å². The van der Waals surface area contributed by atoms with Gasteiger partial charge in [0.05, 0.1) is 18.2 Å². The molecule has 0 bridgehead atoms. The fourth-order valence-corrected chi connectivity index (χ4v) is 4.03. The lowest BCUT2D eigenvalue weighted by Gasteiger charge is -2.36. The van der Waals surface area contributed by atoms with E-state index < -0.39 is 0 Å². The highest BCUT2D eigenvalue weighted by Gasteiger charge is 2.31. The lowest BCUT2D eigenvalue weighted by atomic mass is 9.82. The summed E-state index contributed by atoms with van der Waals surface area (Å²) in [4.78, 5) is 4.48. The van der Waals surface area contributed by atoms with E-state index in [0.717, 1.165) is 13.0 Å². The Bertz CT molecular complexity index is 650. The van der Waals surface area contributed by atoms with Crippen LogP contribution < -0.4 is 5.32 Å². The van der Waals surface area contributed by atoms with Crippen molar-refractivity contribution < 1.29 is 0 Å². The molecule has 1 saturated carbocycles. The van der Waals surface area contributed by atoms with Gasteiger partial charge in [-0.05, 0) is 31.7 Å². The predicted octanol–water partition coefficient (Wildman–Crippen LogP) is 4.20. The molecule has 1 aromatic heterocycles. The van der Waals surface area contributed by atoms with Crippen LogP contribution in [0.15, 0.2) is 30.7 Å². The predicted molar refractivity (Wildman–Crippen MR) is 86.6 cm³/mol. The molecule has 2 heterocycles. The van der Waals surface area contributed by atoms with Gasteiger partial charge in [0.15, 0.2) is 0 Å². The van der Waals surface area contributed by atoms with E-state index >= 15 is 0 Å². The second kappa shape index (κ2) is 4.90. The van der Waals surface area contributed by atoms with Gasteiger partial charge in [0.2, 0.25) is 0 Å². The topological polar surface area (TPSA) is 29.9 Å². The lowest BCUT2D eigenvalue weighted by molar-refractivity contribution is 0.221. The van der Waals surface area contributed by atoms with Crippen molar-refractivity contribution in [1.82, 2.24) is 9.55 Å². The van der Waals surface area contributed by atoms with Gasteiger partial charge in [-0.3, -0.25) is 0 Å². The summed E-state index contributed by atoms with van der Waals surface area (Å²) in [5.41, 5.74) is 5.57. The highest BCUT2D eigenvalue weighted by atomic mass is 15.1. The summed E-state index contributed by atoms with van der Waals surface area (Å²) in [6, 6.07) is 6.65. The molecule has 3 heteroatoms. The molecule has 0 radical (unpaired) electrons. The quantitative estimate of drug-likeness (QED) is 0.894. The van der Waals surface area contributed by atoms with Crippen LogP contribution in [-0.4, -0.2) is 16.1 Å². The molecule has 110 valence electrons. The third-order valence-electron chi connectivity index (χ3n) is 5.27. The van der Waals surface area contributed by atoms with Crippen LogP contribution in [0, 0.1) is 0 Å². The first-order chi connectivity index (χ1) is 10.3. The third-order valence-corrected chi connectivity index (χ3v) is 5.27. The lowest BCUT2D eigenvalue weighted by Crippen LogP contribution is -2.32. The largest absolute Gasteiger partial charge is 0.384 e. The molecule has 0 atom stereocenters. The molecule has 1 aliphatic heterocycles. The zero-order valence-electron chi connectivity index (χ0n) is 12.7. The van der Waals surface area contributed by atoms with Crippen LogP contribution in [0.1, 0.15) is 44.6 Å². The smallest absolute Gasteiger partial charge is 0.0956 e. The Kier molecular flexibility index (Phi) is 3.02. The summed E-state index contributed by atoms with van der Waals surface area (Å²) in [5, 5.41) is 3.56. The average Bonchev–Trinajstić information content (AvgIpc) is 3.17. The number of hydrogen-bond donors (Lipinski definition) is 1. The molecule has 2 aliphatic rings. The minimum absolute atomic E-state index is 0.228. The second-order valence-electron chi connectivity index (χ2n) is 6.72. The van der Waals surface area contributed by atoms with Crippen LogP contribution in [0.5, 0.6) is 0 Å². The van der Waals surface area contributed by atoms with Gasteiger partial charge in [-0.2, -0.15) is 0 Å². The zero-order chi connectivity index (χ0) is 14.3. The molecule has 2 aromatic rings. The van der Waals surface area contributed by atoms with Crippen molar-refractivity contribution in [3.8, 4) is 11.3 Å². The van der Waals surface area contributed by atoms with Crippen molar-refractivity contribution in [2.24, 2.45) is 0 Å². The molecular formula is C18H23N3. The molecule has 1 aliphatic carbocycles. The van der Waals surface area contributed by atoms with E-state index in [-0.39, 0.29) is 5.54 Å². The van der Waals surface area contributed by atoms with Crippen LogP contribution in [0.2, 0.25) is 0 Å². The second-order valence-corrected chi connectivity index (χ2v) is 6.72. The molecule has 1 N–H and O–H groups in total. The monoisotopic (exact) mass is 281 g/mol. The Morgan fingerprint density at radius 3 is 2.90 bits per heavy atom. The van der Waals surface area contributed by atoms with E-state index in [1.807, 2.05) is 12.5 Å². The maximum atomic E-state index is 4.48. The summed E-state index contributed by atoms with van der Waals surface area (Å²) in [5.74, 6) is 0. The number of benzene rings is 1. The first kappa shape index (κ1) is 12.9. The first-order valence-electron chi connectivity index (χ1n) is 8.17. The summed E-state index contributed by atoms with van der Waals surface area (Å²) in [7, 11) is 0. The van der Waals surface area contributed by atoms with E-state index in [1.54, 1.807) is 0 Å². The molecule has 0 spiro atoms. The summed E-state index contributed by atoms with van der Waals surface area (Å²) < 4.78 is 2.43. The number of fused-ring (bicyclic) bond motifs is 1. The molecule has 1 fully saturated rings. The maximum Gasteiger partial charge on any atom is 0.0956 e. The van der Waals surface area contributed by atoms with Gasteiger partial charge in [0, 0.05) is 23.3 Å². The highest BCUT2D eigenvalue weighted by molar-refractivity contribution is 5.80. The molecule has 0 unspecified atom stereocenters. The average molecular weight is 281 g/mol. The Morgan fingerprint density at radius 1 is 1.19 bits per heavy atom. The molecule has 0 saturated heterocycles. The summed E-state index contributed by atoms with van der Waals surface area (Å²) >= 11 is 0.